The van der Waals surface area contributed by atoms with E-state index in [9.17, 15) is 19.7 Å². The molecule has 1 aromatic heterocycles. The number of aromatic nitrogens is 1. The van der Waals surface area contributed by atoms with Crippen LogP contribution in [0.25, 0.3) is 0 Å². The molecule has 0 unspecified atom stereocenters. The van der Waals surface area contributed by atoms with E-state index in [1.807, 2.05) is 0 Å². The lowest BCUT2D eigenvalue weighted by Crippen LogP contribution is -2.31. The molecule has 4 N–H and O–H groups in total. The molecule has 1 heterocycles. The van der Waals surface area contributed by atoms with Crippen LogP contribution in [0.15, 0.2) is 12.3 Å². The van der Waals surface area contributed by atoms with Crippen molar-refractivity contribution >= 4 is 23.3 Å². The Labute approximate surface area is 114 Å². The van der Waals surface area contributed by atoms with Gasteiger partial charge in [-0.25, -0.2) is 4.98 Å². The summed E-state index contributed by atoms with van der Waals surface area (Å²) in [6.45, 7) is 2.40. The summed E-state index contributed by atoms with van der Waals surface area (Å²) in [6.07, 6.45) is 1.09. The second-order valence-electron chi connectivity index (χ2n) is 3.84. The van der Waals surface area contributed by atoms with E-state index in [1.54, 1.807) is 6.92 Å². The third kappa shape index (κ3) is 4.19. The SMILES string of the molecule is CCNC(=O)CCNC(=O)c1cc([N+](=O)[O-])cnc1N. The molecule has 0 aromatic carbocycles. The van der Waals surface area contributed by atoms with Gasteiger partial charge in [-0.15, -0.1) is 0 Å². The number of carbonyl (C=O) groups excluding carboxylic acids is 2. The normalized spacial score (nSPS) is 9.85. The van der Waals surface area contributed by atoms with Gasteiger partial charge in [-0.05, 0) is 6.92 Å². The van der Waals surface area contributed by atoms with Gasteiger partial charge in [0, 0.05) is 25.6 Å². The third-order valence-corrected chi connectivity index (χ3v) is 2.37. The van der Waals surface area contributed by atoms with E-state index in [2.05, 4.69) is 15.6 Å². The van der Waals surface area contributed by atoms with Gasteiger partial charge in [0.25, 0.3) is 11.6 Å². The first-order valence-corrected chi connectivity index (χ1v) is 5.90. The molecule has 0 saturated carbocycles. The van der Waals surface area contributed by atoms with E-state index in [1.165, 1.54) is 0 Å². The Morgan fingerprint density at radius 3 is 2.75 bits per heavy atom. The van der Waals surface area contributed by atoms with Gasteiger partial charge in [-0.3, -0.25) is 19.7 Å². The molecule has 2 amide bonds. The van der Waals surface area contributed by atoms with Crippen LogP contribution in [0.4, 0.5) is 11.5 Å². The minimum Gasteiger partial charge on any atom is -0.383 e. The van der Waals surface area contributed by atoms with E-state index in [4.69, 9.17) is 5.73 Å². The Hall–Kier alpha value is -2.71. The van der Waals surface area contributed by atoms with Crippen molar-refractivity contribution in [3.63, 3.8) is 0 Å². The zero-order valence-corrected chi connectivity index (χ0v) is 10.9. The van der Waals surface area contributed by atoms with Crippen molar-refractivity contribution in [1.29, 1.82) is 0 Å². The number of hydrogen-bond donors (Lipinski definition) is 3. The number of amides is 2. The molecule has 0 fully saturated rings. The molecule has 0 bridgehead atoms. The highest BCUT2D eigenvalue weighted by Gasteiger charge is 2.16. The maximum absolute atomic E-state index is 11.8. The molecule has 20 heavy (non-hydrogen) atoms. The Kier molecular flexibility index (Phi) is 5.39. The smallest absolute Gasteiger partial charge is 0.288 e. The van der Waals surface area contributed by atoms with Gasteiger partial charge >= 0.3 is 0 Å². The number of nitro groups is 1. The molecule has 0 aliphatic carbocycles. The van der Waals surface area contributed by atoms with Crippen molar-refractivity contribution in [2.45, 2.75) is 13.3 Å². The van der Waals surface area contributed by atoms with Crippen molar-refractivity contribution in [3.05, 3.63) is 27.9 Å². The van der Waals surface area contributed by atoms with Gasteiger partial charge in [0.2, 0.25) is 5.91 Å². The molecule has 0 saturated heterocycles. The predicted octanol–water partition coefficient (Wildman–Crippen LogP) is -0.172. The number of nitrogens with zero attached hydrogens (tertiary/aromatic N) is 2. The molecule has 0 aliphatic heterocycles. The average molecular weight is 281 g/mol. The van der Waals surface area contributed by atoms with Crippen molar-refractivity contribution in [1.82, 2.24) is 15.6 Å². The third-order valence-electron chi connectivity index (χ3n) is 2.37. The lowest BCUT2D eigenvalue weighted by atomic mass is 10.2. The van der Waals surface area contributed by atoms with Gasteiger partial charge in [-0.2, -0.15) is 0 Å². The Bertz CT molecular complexity index is 532. The summed E-state index contributed by atoms with van der Waals surface area (Å²) >= 11 is 0. The standard InChI is InChI=1S/C11H15N5O4/c1-2-13-9(17)3-4-14-11(18)8-5-7(16(19)20)6-15-10(8)12/h5-6H,2-4H2,1H3,(H2,12,15)(H,13,17)(H,14,18). The fraction of sp³-hybridized carbons (Fsp3) is 0.364. The number of nitrogens with two attached hydrogens (primary N) is 1. The second-order valence-corrected chi connectivity index (χ2v) is 3.84. The van der Waals surface area contributed by atoms with E-state index >= 15 is 0 Å². The molecule has 9 heteroatoms. The van der Waals surface area contributed by atoms with Gasteiger partial charge in [0.05, 0.1) is 10.5 Å². The van der Waals surface area contributed by atoms with Gasteiger partial charge in [-0.1, -0.05) is 0 Å². The lowest BCUT2D eigenvalue weighted by Gasteiger charge is -2.06. The van der Waals surface area contributed by atoms with Crippen LogP contribution in [0.2, 0.25) is 0 Å². The highest BCUT2D eigenvalue weighted by Crippen LogP contribution is 2.16. The minimum absolute atomic E-state index is 0.0879. The number of anilines is 1. The summed E-state index contributed by atoms with van der Waals surface area (Å²) in [5.41, 5.74) is 5.08. The molecule has 0 radical (unpaired) electrons. The highest BCUT2D eigenvalue weighted by atomic mass is 16.6. The molecule has 1 rings (SSSR count). The van der Waals surface area contributed by atoms with E-state index < -0.39 is 10.8 Å². The van der Waals surface area contributed by atoms with E-state index in [-0.39, 0.29) is 35.9 Å². The fourth-order valence-corrected chi connectivity index (χ4v) is 1.42. The maximum Gasteiger partial charge on any atom is 0.288 e. The number of pyridine rings is 1. The second kappa shape index (κ2) is 7.02. The van der Waals surface area contributed by atoms with Crippen LogP contribution in [0, 0.1) is 10.1 Å². The molecule has 108 valence electrons. The maximum atomic E-state index is 11.8. The van der Waals surface area contributed by atoms with Crippen LogP contribution in [-0.2, 0) is 4.79 Å². The predicted molar refractivity (Wildman–Crippen MR) is 70.9 cm³/mol. The van der Waals surface area contributed by atoms with Crippen molar-refractivity contribution in [2.24, 2.45) is 0 Å². The summed E-state index contributed by atoms with van der Waals surface area (Å²) in [6, 6.07) is 1.05. The van der Waals surface area contributed by atoms with Crippen molar-refractivity contribution < 1.29 is 14.5 Å². The van der Waals surface area contributed by atoms with Gasteiger partial charge in [0.15, 0.2) is 0 Å². The number of rotatable bonds is 6. The topological polar surface area (TPSA) is 140 Å². The van der Waals surface area contributed by atoms with Crippen molar-refractivity contribution in [2.75, 3.05) is 18.8 Å². The zero-order valence-electron chi connectivity index (χ0n) is 10.9. The molecular formula is C11H15N5O4. The molecular weight excluding hydrogens is 266 g/mol. The monoisotopic (exact) mass is 281 g/mol. The van der Waals surface area contributed by atoms with Crippen LogP contribution >= 0.6 is 0 Å². The molecule has 1 aromatic rings. The van der Waals surface area contributed by atoms with Crippen LogP contribution in [0.5, 0.6) is 0 Å². The van der Waals surface area contributed by atoms with Crippen molar-refractivity contribution in [3.8, 4) is 0 Å². The van der Waals surface area contributed by atoms with Crippen LogP contribution in [-0.4, -0.2) is 34.8 Å². The van der Waals surface area contributed by atoms with Crippen LogP contribution in [0.1, 0.15) is 23.7 Å². The molecule has 9 nitrogen and oxygen atoms in total. The summed E-state index contributed by atoms with van der Waals surface area (Å²) in [5.74, 6) is -0.910. The highest BCUT2D eigenvalue weighted by molar-refractivity contribution is 5.99. The summed E-state index contributed by atoms with van der Waals surface area (Å²) in [7, 11) is 0. The van der Waals surface area contributed by atoms with Crippen LogP contribution in [0.3, 0.4) is 0 Å². The average Bonchev–Trinajstić information content (AvgIpc) is 2.39. The first-order chi connectivity index (χ1) is 9.45. The summed E-state index contributed by atoms with van der Waals surface area (Å²) in [5, 5.41) is 15.6. The molecule has 0 spiro atoms. The molecule has 0 aliphatic rings. The van der Waals surface area contributed by atoms with Gasteiger partial charge < -0.3 is 16.4 Å². The lowest BCUT2D eigenvalue weighted by molar-refractivity contribution is -0.385. The zero-order chi connectivity index (χ0) is 15.1. The largest absolute Gasteiger partial charge is 0.383 e. The first-order valence-electron chi connectivity index (χ1n) is 5.90. The Morgan fingerprint density at radius 2 is 2.15 bits per heavy atom. The van der Waals surface area contributed by atoms with Gasteiger partial charge in [0.1, 0.15) is 12.0 Å². The van der Waals surface area contributed by atoms with E-state index in [0.717, 1.165) is 12.3 Å². The minimum atomic E-state index is -0.669. The Balaban J connectivity index is 2.65. The number of nitrogen functional groups attached to an aromatic ring is 1. The summed E-state index contributed by atoms with van der Waals surface area (Å²) in [4.78, 5) is 36.5. The quantitative estimate of drug-likeness (QED) is 0.488. The number of nitrogens with one attached hydrogen (secondary N) is 2. The number of carbonyl (C=O) groups is 2. The Morgan fingerprint density at radius 1 is 1.45 bits per heavy atom. The molecule has 0 atom stereocenters. The number of hydrogen-bond acceptors (Lipinski definition) is 6. The summed E-state index contributed by atoms with van der Waals surface area (Å²) < 4.78 is 0. The first kappa shape index (κ1) is 15.3. The van der Waals surface area contributed by atoms with Crippen LogP contribution < -0.4 is 16.4 Å². The fourth-order valence-electron chi connectivity index (χ4n) is 1.42. The van der Waals surface area contributed by atoms with E-state index in [0.29, 0.717) is 6.54 Å².